The lowest BCUT2D eigenvalue weighted by Crippen LogP contribution is -2.27. The van der Waals surface area contributed by atoms with Crippen molar-refractivity contribution in [1.29, 1.82) is 0 Å². The summed E-state index contributed by atoms with van der Waals surface area (Å²) in [7, 11) is 0. The molecule has 1 heterocycles. The van der Waals surface area contributed by atoms with Crippen molar-refractivity contribution >= 4 is 63.8 Å². The third-order valence-corrected chi connectivity index (χ3v) is 6.29. The maximum absolute atomic E-state index is 12.8. The molecule has 1 saturated heterocycles. The summed E-state index contributed by atoms with van der Waals surface area (Å²) >= 11 is 13.0. The summed E-state index contributed by atoms with van der Waals surface area (Å²) in [5.41, 5.74) is 1.97. The van der Waals surface area contributed by atoms with Gasteiger partial charge in [-0.25, -0.2) is 0 Å². The zero-order valence-corrected chi connectivity index (χ0v) is 20.0. The van der Waals surface area contributed by atoms with Crippen LogP contribution in [0.15, 0.2) is 77.7 Å². The summed E-state index contributed by atoms with van der Waals surface area (Å²) in [6.45, 7) is -0.117. The number of ether oxygens (including phenoxy) is 1. The molecule has 0 aliphatic carbocycles. The van der Waals surface area contributed by atoms with Gasteiger partial charge in [0.1, 0.15) is 5.75 Å². The van der Waals surface area contributed by atoms with Crippen LogP contribution in [0.25, 0.3) is 6.08 Å². The Kier molecular flexibility index (Phi) is 7.57. The van der Waals surface area contributed by atoms with Crippen molar-refractivity contribution in [3.05, 3.63) is 98.9 Å². The molecule has 0 atom stereocenters. The van der Waals surface area contributed by atoms with Crippen LogP contribution in [0.5, 0.6) is 5.75 Å². The number of anilines is 1. The smallest absolute Gasteiger partial charge is 0.293 e. The molecule has 34 heavy (non-hydrogen) atoms. The van der Waals surface area contributed by atoms with E-state index in [0.29, 0.717) is 32.6 Å². The quantitative estimate of drug-likeness (QED) is 0.378. The molecule has 0 saturated carbocycles. The van der Waals surface area contributed by atoms with Crippen molar-refractivity contribution in [3.63, 3.8) is 0 Å². The molecule has 9 heteroatoms. The third kappa shape index (κ3) is 5.99. The first-order valence-corrected chi connectivity index (χ1v) is 11.7. The van der Waals surface area contributed by atoms with Crippen LogP contribution in [-0.2, 0) is 16.1 Å². The van der Waals surface area contributed by atoms with Gasteiger partial charge in [0.15, 0.2) is 6.61 Å². The molecule has 3 aromatic carbocycles. The maximum atomic E-state index is 12.8. The molecule has 1 fully saturated rings. The Morgan fingerprint density at radius 1 is 1.00 bits per heavy atom. The third-order valence-electron chi connectivity index (χ3n) is 4.80. The van der Waals surface area contributed by atoms with E-state index in [1.165, 1.54) is 0 Å². The molecule has 3 aromatic rings. The van der Waals surface area contributed by atoms with Crippen LogP contribution in [0.4, 0.5) is 10.5 Å². The van der Waals surface area contributed by atoms with E-state index in [4.69, 9.17) is 27.9 Å². The number of hydrogen-bond acceptors (Lipinski definition) is 5. The lowest BCUT2D eigenvalue weighted by molar-refractivity contribution is -0.123. The van der Waals surface area contributed by atoms with Gasteiger partial charge < -0.3 is 10.1 Å². The van der Waals surface area contributed by atoms with Crippen molar-refractivity contribution in [1.82, 2.24) is 4.90 Å². The molecule has 0 unspecified atom stereocenters. The summed E-state index contributed by atoms with van der Waals surface area (Å²) in [6.07, 6.45) is 1.62. The van der Waals surface area contributed by atoms with Gasteiger partial charge in [-0.15, -0.1) is 0 Å². The van der Waals surface area contributed by atoms with Crippen molar-refractivity contribution in [2.45, 2.75) is 6.54 Å². The van der Waals surface area contributed by atoms with Gasteiger partial charge in [0.2, 0.25) is 0 Å². The highest BCUT2D eigenvalue weighted by atomic mass is 35.5. The fourth-order valence-corrected chi connectivity index (χ4v) is 4.48. The van der Waals surface area contributed by atoms with Crippen LogP contribution in [0, 0.1) is 0 Å². The van der Waals surface area contributed by atoms with E-state index in [0.717, 1.165) is 16.7 Å². The number of carbonyl (C=O) groups excluding carboxylic acids is 3. The predicted octanol–water partition coefficient (Wildman–Crippen LogP) is 6.25. The Morgan fingerprint density at radius 2 is 1.79 bits per heavy atom. The highest BCUT2D eigenvalue weighted by Gasteiger charge is 2.35. The number of benzene rings is 3. The van der Waals surface area contributed by atoms with Gasteiger partial charge in [-0.05, 0) is 65.4 Å². The molecule has 4 rings (SSSR count). The number of thioether (sulfide) groups is 1. The zero-order valence-electron chi connectivity index (χ0n) is 17.7. The Morgan fingerprint density at radius 3 is 2.56 bits per heavy atom. The first-order chi connectivity index (χ1) is 16.4. The Balaban J connectivity index is 1.40. The molecular formula is C25H18Cl2N2O4S. The van der Waals surface area contributed by atoms with Crippen molar-refractivity contribution in [3.8, 4) is 5.75 Å². The molecular weight excluding hydrogens is 495 g/mol. The van der Waals surface area contributed by atoms with Gasteiger partial charge in [0.05, 0.1) is 11.4 Å². The molecule has 6 nitrogen and oxygen atoms in total. The second kappa shape index (κ2) is 10.8. The monoisotopic (exact) mass is 512 g/mol. The summed E-state index contributed by atoms with van der Waals surface area (Å²) in [6, 6.07) is 20.9. The SMILES string of the molecule is O=C(COc1cccc(/C=C2\SC(=O)N(Cc3ccc(Cl)cc3Cl)C2=O)c1)Nc1ccccc1. The van der Waals surface area contributed by atoms with Gasteiger partial charge in [-0.1, -0.05) is 59.6 Å². The van der Waals surface area contributed by atoms with E-state index in [9.17, 15) is 14.4 Å². The van der Waals surface area contributed by atoms with Gasteiger partial charge in [-0.2, -0.15) is 0 Å². The Hall–Kier alpha value is -3.26. The summed E-state index contributed by atoms with van der Waals surface area (Å²) < 4.78 is 5.58. The first-order valence-electron chi connectivity index (χ1n) is 10.2. The first kappa shape index (κ1) is 23.9. The van der Waals surface area contributed by atoms with E-state index >= 15 is 0 Å². The zero-order chi connectivity index (χ0) is 24.1. The minimum atomic E-state index is -0.408. The number of para-hydroxylation sites is 1. The van der Waals surface area contributed by atoms with Crippen LogP contribution in [0.2, 0.25) is 10.0 Å². The van der Waals surface area contributed by atoms with Gasteiger partial charge in [0, 0.05) is 15.7 Å². The number of nitrogens with one attached hydrogen (secondary N) is 1. The summed E-state index contributed by atoms with van der Waals surface area (Å²) in [5.74, 6) is -0.239. The predicted molar refractivity (Wildman–Crippen MR) is 135 cm³/mol. The minimum absolute atomic E-state index is 0.0533. The molecule has 172 valence electrons. The van der Waals surface area contributed by atoms with Crippen molar-refractivity contribution < 1.29 is 19.1 Å². The fourth-order valence-electron chi connectivity index (χ4n) is 3.17. The molecule has 0 radical (unpaired) electrons. The summed E-state index contributed by atoms with van der Waals surface area (Å²) in [5, 5.41) is 3.22. The number of amides is 3. The Labute approximate surface area is 210 Å². The number of halogens is 2. The molecule has 0 bridgehead atoms. The van der Waals surface area contributed by atoms with Crippen LogP contribution in [-0.4, -0.2) is 28.6 Å². The maximum Gasteiger partial charge on any atom is 0.293 e. The van der Waals surface area contributed by atoms with E-state index < -0.39 is 5.91 Å². The fraction of sp³-hybridized carbons (Fsp3) is 0.0800. The lowest BCUT2D eigenvalue weighted by atomic mass is 10.2. The molecule has 3 amide bonds. The second-order valence-electron chi connectivity index (χ2n) is 7.28. The minimum Gasteiger partial charge on any atom is -0.484 e. The normalized spacial score (nSPS) is 14.5. The number of nitrogens with zero attached hydrogens (tertiary/aromatic N) is 1. The van der Waals surface area contributed by atoms with Crippen LogP contribution in [0.1, 0.15) is 11.1 Å². The molecule has 0 aromatic heterocycles. The molecule has 1 N–H and O–H groups in total. The second-order valence-corrected chi connectivity index (χ2v) is 9.12. The Bertz CT molecular complexity index is 1280. The number of hydrogen-bond donors (Lipinski definition) is 1. The lowest BCUT2D eigenvalue weighted by Gasteiger charge is -2.13. The highest BCUT2D eigenvalue weighted by molar-refractivity contribution is 8.18. The topological polar surface area (TPSA) is 75.7 Å². The van der Waals surface area contributed by atoms with E-state index in [1.54, 1.807) is 60.7 Å². The standard InChI is InChI=1S/C25H18Cl2N2O4S/c26-18-10-9-17(21(27)13-18)14-29-24(31)22(34-25(29)32)12-16-5-4-8-20(11-16)33-15-23(30)28-19-6-2-1-3-7-19/h1-13H,14-15H2,(H,28,30)/b22-12-. The van der Waals surface area contributed by atoms with Crippen molar-refractivity contribution in [2.24, 2.45) is 0 Å². The number of rotatable bonds is 7. The average Bonchev–Trinajstić information content (AvgIpc) is 3.07. The van der Waals surface area contributed by atoms with Crippen LogP contribution in [0.3, 0.4) is 0 Å². The van der Waals surface area contributed by atoms with Crippen LogP contribution < -0.4 is 10.1 Å². The molecule has 0 spiro atoms. The van der Waals surface area contributed by atoms with Crippen molar-refractivity contribution in [2.75, 3.05) is 11.9 Å². The highest BCUT2D eigenvalue weighted by Crippen LogP contribution is 2.34. The molecule has 1 aliphatic heterocycles. The number of imide groups is 1. The van der Waals surface area contributed by atoms with E-state index in [2.05, 4.69) is 5.32 Å². The van der Waals surface area contributed by atoms with Crippen LogP contribution >= 0.6 is 35.0 Å². The largest absolute Gasteiger partial charge is 0.484 e. The van der Waals surface area contributed by atoms with Gasteiger partial charge in [-0.3, -0.25) is 19.3 Å². The van der Waals surface area contributed by atoms with E-state index in [1.807, 2.05) is 18.2 Å². The van der Waals surface area contributed by atoms with E-state index in [-0.39, 0.29) is 29.2 Å². The van der Waals surface area contributed by atoms with Gasteiger partial charge >= 0.3 is 0 Å². The molecule has 1 aliphatic rings. The average molecular weight is 513 g/mol. The number of carbonyl (C=O) groups is 3. The van der Waals surface area contributed by atoms with Gasteiger partial charge in [0.25, 0.3) is 17.1 Å². The summed E-state index contributed by atoms with van der Waals surface area (Å²) in [4.78, 5) is 38.8.